The molecule has 2 aromatic carbocycles. The first-order valence-corrected chi connectivity index (χ1v) is 8.63. The lowest BCUT2D eigenvalue weighted by molar-refractivity contribution is -0.274. The van der Waals surface area contributed by atoms with Crippen LogP contribution in [0.4, 0.5) is 13.2 Å². The van der Waals surface area contributed by atoms with Crippen molar-refractivity contribution in [2.45, 2.75) is 45.4 Å². The highest BCUT2D eigenvalue weighted by Gasteiger charge is 2.31. The molecule has 0 saturated heterocycles. The normalized spacial score (nSPS) is 14.0. The van der Waals surface area contributed by atoms with E-state index in [1.54, 1.807) is 6.07 Å². The molecule has 0 aliphatic heterocycles. The van der Waals surface area contributed by atoms with Gasteiger partial charge in [0.2, 0.25) is 0 Å². The van der Waals surface area contributed by atoms with Crippen LogP contribution in [0.1, 0.15) is 48.4 Å². The highest BCUT2D eigenvalue weighted by Crippen LogP contribution is 2.33. The summed E-state index contributed by atoms with van der Waals surface area (Å²) in [4.78, 5) is 0. The number of aryl methyl sites for hydroxylation is 2. The van der Waals surface area contributed by atoms with Crippen LogP contribution in [-0.2, 0) is 12.8 Å². The van der Waals surface area contributed by atoms with E-state index in [1.165, 1.54) is 41.7 Å². The van der Waals surface area contributed by atoms with Crippen LogP contribution in [0.5, 0.6) is 5.75 Å². The van der Waals surface area contributed by atoms with Gasteiger partial charge in [-0.2, -0.15) is 0 Å². The van der Waals surface area contributed by atoms with E-state index in [9.17, 15) is 13.2 Å². The minimum Gasteiger partial charge on any atom is -0.406 e. The molecule has 0 heterocycles. The van der Waals surface area contributed by atoms with Gasteiger partial charge in [0, 0.05) is 0 Å². The maximum atomic E-state index is 12.3. The van der Waals surface area contributed by atoms with Crippen LogP contribution in [0.15, 0.2) is 42.5 Å². The molecule has 25 heavy (non-hydrogen) atoms. The Kier molecular flexibility index (Phi) is 5.16. The fourth-order valence-corrected chi connectivity index (χ4v) is 3.16. The molecule has 0 saturated carbocycles. The number of fused-ring (bicyclic) bond motifs is 1. The predicted molar refractivity (Wildman–Crippen MR) is 94.4 cm³/mol. The minimum atomic E-state index is -4.65. The molecule has 0 aromatic heterocycles. The van der Waals surface area contributed by atoms with E-state index < -0.39 is 6.36 Å². The summed E-state index contributed by atoms with van der Waals surface area (Å²) in [5, 5.41) is 0. The van der Waals surface area contributed by atoms with Crippen LogP contribution in [-0.4, -0.2) is 6.36 Å². The van der Waals surface area contributed by atoms with Crippen molar-refractivity contribution in [1.29, 1.82) is 0 Å². The Morgan fingerprint density at radius 3 is 2.44 bits per heavy atom. The smallest absolute Gasteiger partial charge is 0.406 e. The van der Waals surface area contributed by atoms with Crippen molar-refractivity contribution in [3.63, 3.8) is 0 Å². The molecule has 3 rings (SSSR count). The SMILES string of the molecule is CCCCc1ccc(C2=Cc3ccc(OC(F)(F)F)cc3CC2)cc1. The summed E-state index contributed by atoms with van der Waals surface area (Å²) < 4.78 is 41.0. The average Bonchev–Trinajstić information content (AvgIpc) is 2.58. The van der Waals surface area contributed by atoms with Crippen LogP contribution in [0.2, 0.25) is 0 Å². The average molecular weight is 346 g/mol. The number of ether oxygens (including phenoxy) is 1. The second kappa shape index (κ2) is 7.34. The van der Waals surface area contributed by atoms with Gasteiger partial charge in [0.05, 0.1) is 0 Å². The maximum Gasteiger partial charge on any atom is 0.573 e. The van der Waals surface area contributed by atoms with Crippen molar-refractivity contribution in [3.8, 4) is 5.75 Å². The van der Waals surface area contributed by atoms with Gasteiger partial charge in [0.15, 0.2) is 0 Å². The molecule has 0 unspecified atom stereocenters. The molecular formula is C21H21F3O. The fourth-order valence-electron chi connectivity index (χ4n) is 3.16. The summed E-state index contributed by atoms with van der Waals surface area (Å²) in [5.74, 6) is -0.150. The number of halogens is 3. The van der Waals surface area contributed by atoms with E-state index >= 15 is 0 Å². The zero-order valence-corrected chi connectivity index (χ0v) is 14.2. The third-order valence-corrected chi connectivity index (χ3v) is 4.49. The first-order chi connectivity index (χ1) is 11.9. The Hall–Kier alpha value is -2.23. The first kappa shape index (κ1) is 17.6. The van der Waals surface area contributed by atoms with Gasteiger partial charge < -0.3 is 4.74 Å². The van der Waals surface area contributed by atoms with Crippen LogP contribution < -0.4 is 4.74 Å². The van der Waals surface area contributed by atoms with Gasteiger partial charge in [0.25, 0.3) is 0 Å². The van der Waals surface area contributed by atoms with E-state index in [4.69, 9.17) is 0 Å². The molecule has 4 heteroatoms. The quantitative estimate of drug-likeness (QED) is 0.607. The molecule has 0 N–H and O–H groups in total. The Morgan fingerprint density at radius 1 is 1.00 bits per heavy atom. The number of rotatable bonds is 5. The molecule has 0 bridgehead atoms. The Balaban J connectivity index is 1.78. The third kappa shape index (κ3) is 4.65. The van der Waals surface area contributed by atoms with E-state index in [-0.39, 0.29) is 5.75 Å². The van der Waals surface area contributed by atoms with Gasteiger partial charge in [-0.3, -0.25) is 0 Å². The molecule has 2 aromatic rings. The third-order valence-electron chi connectivity index (χ3n) is 4.49. The molecule has 0 radical (unpaired) electrons. The van der Waals surface area contributed by atoms with Crippen molar-refractivity contribution in [1.82, 2.24) is 0 Å². The zero-order chi connectivity index (χ0) is 17.9. The minimum absolute atomic E-state index is 0.150. The number of hydrogen-bond acceptors (Lipinski definition) is 1. The standard InChI is InChI=1S/C21H21F3O/c1-2-3-4-15-5-7-16(8-6-15)17-9-10-19-14-20(25-21(22,23)24)12-11-18(19)13-17/h5-8,11-14H,2-4,9-10H2,1H3. The second-order valence-electron chi connectivity index (χ2n) is 6.38. The first-order valence-electron chi connectivity index (χ1n) is 8.63. The molecule has 0 atom stereocenters. The number of hydrogen-bond donors (Lipinski definition) is 0. The zero-order valence-electron chi connectivity index (χ0n) is 14.2. The molecule has 1 nitrogen and oxygen atoms in total. The summed E-state index contributed by atoms with van der Waals surface area (Å²) in [5.41, 5.74) is 5.60. The lowest BCUT2D eigenvalue weighted by atomic mass is 9.88. The summed E-state index contributed by atoms with van der Waals surface area (Å²) in [6, 6.07) is 13.2. The van der Waals surface area contributed by atoms with E-state index in [2.05, 4.69) is 42.0 Å². The van der Waals surface area contributed by atoms with Crippen LogP contribution >= 0.6 is 0 Å². The molecule has 0 spiro atoms. The Labute approximate surface area is 146 Å². The molecule has 0 amide bonds. The van der Waals surface area contributed by atoms with Crippen LogP contribution in [0.3, 0.4) is 0 Å². The van der Waals surface area contributed by atoms with Gasteiger partial charge in [-0.05, 0) is 65.6 Å². The van der Waals surface area contributed by atoms with Gasteiger partial charge >= 0.3 is 6.36 Å². The number of allylic oxidation sites excluding steroid dienone is 1. The predicted octanol–water partition coefficient (Wildman–Crippen LogP) is 6.41. The molecular weight excluding hydrogens is 325 g/mol. The molecule has 0 fully saturated rings. The second-order valence-corrected chi connectivity index (χ2v) is 6.38. The van der Waals surface area contributed by atoms with Gasteiger partial charge in [0.1, 0.15) is 5.75 Å². The van der Waals surface area contributed by atoms with Crippen molar-refractivity contribution in [3.05, 3.63) is 64.7 Å². The molecule has 132 valence electrons. The molecule has 1 aliphatic carbocycles. The fraction of sp³-hybridized carbons (Fsp3) is 0.333. The Morgan fingerprint density at radius 2 is 1.76 bits per heavy atom. The lowest BCUT2D eigenvalue weighted by Gasteiger charge is -2.18. The summed E-state index contributed by atoms with van der Waals surface area (Å²) >= 11 is 0. The summed E-state index contributed by atoms with van der Waals surface area (Å²) in [6.07, 6.45) is 2.42. The maximum absolute atomic E-state index is 12.3. The number of benzene rings is 2. The summed E-state index contributed by atoms with van der Waals surface area (Å²) in [6.45, 7) is 2.18. The van der Waals surface area contributed by atoms with Crippen molar-refractivity contribution >= 4 is 11.6 Å². The highest BCUT2D eigenvalue weighted by molar-refractivity contribution is 5.84. The van der Waals surface area contributed by atoms with Crippen LogP contribution in [0, 0.1) is 0 Å². The lowest BCUT2D eigenvalue weighted by Crippen LogP contribution is -2.17. The van der Waals surface area contributed by atoms with E-state index in [0.717, 1.165) is 24.0 Å². The summed E-state index contributed by atoms with van der Waals surface area (Å²) in [7, 11) is 0. The van der Waals surface area contributed by atoms with Gasteiger partial charge in [-0.15, -0.1) is 13.2 Å². The van der Waals surface area contributed by atoms with Crippen molar-refractivity contribution in [2.24, 2.45) is 0 Å². The van der Waals surface area contributed by atoms with Gasteiger partial charge in [-0.25, -0.2) is 0 Å². The highest BCUT2D eigenvalue weighted by atomic mass is 19.4. The number of alkyl halides is 3. The van der Waals surface area contributed by atoms with Crippen molar-refractivity contribution in [2.75, 3.05) is 0 Å². The molecule has 1 aliphatic rings. The van der Waals surface area contributed by atoms with Crippen molar-refractivity contribution < 1.29 is 17.9 Å². The largest absolute Gasteiger partial charge is 0.573 e. The van der Waals surface area contributed by atoms with E-state index in [1.807, 2.05) is 0 Å². The topological polar surface area (TPSA) is 9.23 Å². The van der Waals surface area contributed by atoms with E-state index in [0.29, 0.717) is 6.42 Å². The van der Waals surface area contributed by atoms with Crippen LogP contribution in [0.25, 0.3) is 11.6 Å². The monoisotopic (exact) mass is 346 g/mol. The van der Waals surface area contributed by atoms with Gasteiger partial charge in [-0.1, -0.05) is 49.8 Å². The Bertz CT molecular complexity index is 758. The number of unbranched alkanes of at least 4 members (excludes halogenated alkanes) is 1.